The Bertz CT molecular complexity index is 6250. The molecule has 5 fully saturated rings. The van der Waals surface area contributed by atoms with Crippen LogP contribution in [0.4, 0.5) is 28.0 Å². The Morgan fingerprint density at radius 2 is 0.599 bits per heavy atom. The van der Waals surface area contributed by atoms with Crippen LogP contribution in [-0.2, 0) is 10.9 Å². The van der Waals surface area contributed by atoms with Gasteiger partial charge in [-0.25, -0.2) is 9.18 Å². The van der Waals surface area contributed by atoms with Crippen molar-refractivity contribution in [3.8, 4) is 0 Å². The Morgan fingerprint density at radius 1 is 0.317 bits per heavy atom. The van der Waals surface area contributed by atoms with Crippen molar-refractivity contribution in [1.29, 1.82) is 0 Å². The van der Waals surface area contributed by atoms with Gasteiger partial charge in [0.25, 0.3) is 23.6 Å². The Labute approximate surface area is 835 Å². The fourth-order valence-corrected chi connectivity index (χ4v) is 19.1. The van der Waals surface area contributed by atoms with Gasteiger partial charge in [-0.2, -0.15) is 13.2 Å². The van der Waals surface area contributed by atoms with Crippen LogP contribution in [0.15, 0.2) is 289 Å². The van der Waals surface area contributed by atoms with E-state index in [1.165, 1.54) is 80.6 Å². The second-order valence-electron chi connectivity index (χ2n) is 35.5. The van der Waals surface area contributed by atoms with Crippen molar-refractivity contribution >= 4 is 86.1 Å². The number of methoxy groups -OCH3 is 1. The predicted octanol–water partition coefficient (Wildman–Crippen LogP) is 23.8. The molecule has 0 saturated carbocycles. The lowest BCUT2D eigenvalue weighted by atomic mass is 9.86. The van der Waals surface area contributed by atoms with Gasteiger partial charge in [-0.15, -0.1) is 0 Å². The first-order chi connectivity index (χ1) is 69.0. The maximum Gasteiger partial charge on any atom is 0.416 e. The maximum absolute atomic E-state index is 13.8. The summed E-state index contributed by atoms with van der Waals surface area (Å²) in [6, 6.07) is 81.9. The molecule has 11 aromatic rings. The molecule has 0 aromatic heterocycles. The van der Waals surface area contributed by atoms with E-state index >= 15 is 0 Å². The highest BCUT2D eigenvalue weighted by molar-refractivity contribution is 6.00. The van der Waals surface area contributed by atoms with Crippen LogP contribution in [0.3, 0.4) is 0 Å². The standard InChI is InChI=1S/C27H30N2O.C25H30N2O2.C24H27F3N2O.C24H28N2O2.C20H21FN2O2/c1-3-29(4-2)27(30)23-12-10-21(11-13-23)26(22-15-17-28-18-16-22)25-14-9-20-7-5-6-8-24(20)19-25;1-4-27(5-2)25(29)23-12-10-21(11-13-23)24(22-14-16-26-17-15-22)20-8-6-19(7-9-20)18(3)28;1-3-29(4-2)23(30)19-10-8-17(9-11-19)22(18-12-14-28-15-13-18)20-6-5-7-21(16-20)24(25,26)27;1-3-26(4-2)24(28)20-11-9-18(10-12-20)23(19-13-15-25-16-14-19)22-8-6-5-7-21(22)17-27;1-25-20(24)23-18-7-5-14(6-8-18)19(15-9-11-22-12-10-15)16-3-2-4-17(21)13-16/h5-14,19,28H,3-4,15-18H2,1-2H3;6-13,26H,4-5,14-17H2,1-3H3;5-11,16,28H,3-4,12-15H2,1-2H3;5-12,17,25H,3-4,13-16H2,1-2H3;2-8,13,22H,9-12H2,1H3,(H,23,24). The Kier molecular flexibility index (Phi) is 40.7. The molecule has 5 aliphatic heterocycles. The third-order valence-corrected chi connectivity index (χ3v) is 26.9. The Morgan fingerprint density at radius 3 is 0.930 bits per heavy atom. The van der Waals surface area contributed by atoms with Gasteiger partial charge in [0.05, 0.1) is 12.7 Å². The first-order valence-electron chi connectivity index (χ1n) is 50.2. The quantitative estimate of drug-likeness (QED) is 0.0179. The molecule has 6 N–H and O–H groups in total. The van der Waals surface area contributed by atoms with Crippen LogP contribution < -0.4 is 31.9 Å². The summed E-state index contributed by atoms with van der Waals surface area (Å²) in [5.74, 6) is 0.0276. The largest absolute Gasteiger partial charge is 0.453 e. The smallest absolute Gasteiger partial charge is 0.416 e. The predicted molar refractivity (Wildman–Crippen MR) is 568 cm³/mol. The van der Waals surface area contributed by atoms with Crippen LogP contribution in [0.1, 0.15) is 250 Å². The van der Waals surface area contributed by atoms with E-state index in [-0.39, 0.29) is 35.2 Å². The van der Waals surface area contributed by atoms with Crippen LogP contribution in [0.2, 0.25) is 0 Å². The molecule has 5 aliphatic rings. The zero-order chi connectivity index (χ0) is 101. The highest BCUT2D eigenvalue weighted by atomic mass is 19.4. The van der Waals surface area contributed by atoms with Crippen LogP contribution in [0, 0.1) is 5.82 Å². The maximum atomic E-state index is 13.8. The molecule has 18 nitrogen and oxygen atoms in total. The minimum atomic E-state index is -4.39. The van der Waals surface area contributed by atoms with Crippen molar-refractivity contribution < 1.29 is 55.9 Å². The number of Topliss-reactive ketones (excluding diaryl/α,β-unsaturated/α-hetero) is 1. The van der Waals surface area contributed by atoms with Gasteiger partial charge in [-0.1, -0.05) is 198 Å². The summed E-state index contributed by atoms with van der Waals surface area (Å²) in [6.45, 7) is 32.4. The van der Waals surface area contributed by atoms with E-state index in [4.69, 9.17) is 0 Å². The molecule has 0 unspecified atom stereocenters. The molecular weight excluding hydrogens is 1790 g/mol. The van der Waals surface area contributed by atoms with E-state index in [1.807, 2.05) is 210 Å². The third-order valence-electron chi connectivity index (χ3n) is 26.9. The molecule has 22 heteroatoms. The lowest BCUT2D eigenvalue weighted by molar-refractivity contribution is -0.137. The van der Waals surface area contributed by atoms with Crippen molar-refractivity contribution in [2.45, 2.75) is 133 Å². The lowest BCUT2D eigenvalue weighted by Gasteiger charge is -2.22. The zero-order valence-corrected chi connectivity index (χ0v) is 83.8. The molecule has 142 heavy (non-hydrogen) atoms. The van der Waals surface area contributed by atoms with E-state index < -0.39 is 17.8 Å². The highest BCUT2D eigenvalue weighted by Gasteiger charge is 2.32. The fraction of sp³-hybridized carbons (Fsp3) is 0.325. The molecule has 16 rings (SSSR count). The van der Waals surface area contributed by atoms with Gasteiger partial charge in [-0.3, -0.25) is 34.1 Å². The number of carbonyl (C=O) groups is 7. The molecule has 0 bridgehead atoms. The fourth-order valence-electron chi connectivity index (χ4n) is 19.1. The van der Waals surface area contributed by atoms with E-state index in [9.17, 15) is 51.1 Å². The first kappa shape index (κ1) is 107. The Hall–Kier alpha value is -13.6. The van der Waals surface area contributed by atoms with Gasteiger partial charge in [-0.05, 0) is 377 Å². The molecule has 0 aliphatic carbocycles. The van der Waals surface area contributed by atoms with Gasteiger partial charge in [0.2, 0.25) is 0 Å². The molecule has 0 atom stereocenters. The number of benzene rings is 11. The number of anilines is 1. The average Bonchev–Trinajstić information content (AvgIpc) is 0.794. The average molecular weight is 1920 g/mol. The summed E-state index contributed by atoms with van der Waals surface area (Å²) in [4.78, 5) is 92.4. The summed E-state index contributed by atoms with van der Waals surface area (Å²) in [7, 11) is 1.33. The molecule has 5 heterocycles. The number of nitrogens with one attached hydrogen (secondary N) is 6. The number of ketones is 1. The van der Waals surface area contributed by atoms with Crippen molar-refractivity contribution in [2.75, 3.05) is 130 Å². The number of rotatable bonds is 25. The summed E-state index contributed by atoms with van der Waals surface area (Å²) >= 11 is 0. The first-order valence-corrected chi connectivity index (χ1v) is 50.2. The molecule has 5 saturated heterocycles. The van der Waals surface area contributed by atoms with Gasteiger partial charge < -0.3 is 50.9 Å². The van der Waals surface area contributed by atoms with Gasteiger partial charge in [0.15, 0.2) is 12.1 Å². The lowest BCUT2D eigenvalue weighted by Crippen LogP contribution is -2.30. The number of nitrogens with zero attached hydrogens (tertiary/aromatic N) is 4. The number of halogens is 4. The van der Waals surface area contributed by atoms with E-state index in [1.54, 1.807) is 42.2 Å². The van der Waals surface area contributed by atoms with Gasteiger partial charge >= 0.3 is 12.3 Å². The van der Waals surface area contributed by atoms with Crippen LogP contribution >= 0.6 is 0 Å². The topological polar surface area (TPSA) is 214 Å². The number of carbonyl (C=O) groups excluding carboxylic acids is 7. The summed E-state index contributed by atoms with van der Waals surface area (Å²) in [6.07, 6.45) is 5.52. The second-order valence-corrected chi connectivity index (χ2v) is 35.5. The molecule has 0 spiro atoms. The number of alkyl halides is 3. The Balaban J connectivity index is 0.000000159. The molecule has 5 amide bonds. The summed E-state index contributed by atoms with van der Waals surface area (Å²) in [5, 5.41) is 22.1. The van der Waals surface area contributed by atoms with E-state index in [2.05, 4.69) is 103 Å². The minimum Gasteiger partial charge on any atom is -0.453 e. The van der Waals surface area contributed by atoms with E-state index in [0.29, 0.717) is 67.2 Å². The normalized spacial score (nSPS) is 14.1. The molecule has 0 radical (unpaired) electrons. The molecule has 742 valence electrons. The van der Waals surface area contributed by atoms with E-state index in [0.717, 1.165) is 233 Å². The number of fused-ring (bicyclic) bond motifs is 1. The highest BCUT2D eigenvalue weighted by Crippen LogP contribution is 2.41. The number of hydrogen-bond acceptors (Lipinski definition) is 13. The number of hydrogen-bond donors (Lipinski definition) is 6. The summed E-state index contributed by atoms with van der Waals surface area (Å²) in [5.41, 5.74) is 26.5. The molecule has 11 aromatic carbocycles. The number of amides is 5. The molecular formula is C120H136F4N10O8. The second kappa shape index (κ2) is 53.9. The number of ether oxygens (including phenoxy) is 1. The zero-order valence-electron chi connectivity index (χ0n) is 83.8. The third kappa shape index (κ3) is 28.6. The van der Waals surface area contributed by atoms with Crippen LogP contribution in [0.5, 0.6) is 0 Å². The van der Waals surface area contributed by atoms with Crippen molar-refractivity contribution in [3.05, 3.63) is 389 Å². The minimum absolute atomic E-state index is 0.0401. The van der Waals surface area contributed by atoms with Crippen molar-refractivity contribution in [1.82, 2.24) is 46.2 Å². The number of aldehydes is 1. The van der Waals surface area contributed by atoms with Crippen molar-refractivity contribution in [2.24, 2.45) is 0 Å². The summed E-state index contributed by atoms with van der Waals surface area (Å²) < 4.78 is 58.2. The van der Waals surface area contributed by atoms with Crippen LogP contribution in [0.25, 0.3) is 38.6 Å². The SMILES string of the molecule is CCN(CC)C(=O)c1ccc(C(=C2CCNCC2)c2ccc(C(C)=O)cc2)cc1.CCN(CC)C(=O)c1ccc(C(=C2CCNCC2)c2ccc3ccccc3c2)cc1.CCN(CC)C(=O)c1ccc(C(=C2CCNCC2)c2cccc(C(F)(F)F)c2)cc1.CCN(CC)C(=O)c1ccc(C(=C2CCNCC2)c2ccccc2C=O)cc1.COC(=O)Nc1ccc(C(=C2CCNCC2)c2cccc(F)c2)cc1. The van der Waals surface area contributed by atoms with Crippen LogP contribution in [-0.4, -0.2) is 186 Å². The van der Waals surface area contributed by atoms with Gasteiger partial charge in [0, 0.05) is 91.4 Å². The van der Waals surface area contributed by atoms with Crippen molar-refractivity contribution in [3.63, 3.8) is 0 Å². The monoisotopic (exact) mass is 1920 g/mol. The van der Waals surface area contributed by atoms with Gasteiger partial charge in [0.1, 0.15) is 5.82 Å². The number of piperidine rings is 5.